The summed E-state index contributed by atoms with van der Waals surface area (Å²) in [6.07, 6.45) is 3.60. The zero-order valence-electron chi connectivity index (χ0n) is 9.38. The predicted molar refractivity (Wildman–Crippen MR) is 67.3 cm³/mol. The fraction of sp³-hybridized carbons (Fsp3) is 0.250. The maximum atomic E-state index is 10.4. The van der Waals surface area contributed by atoms with Gasteiger partial charge in [0.05, 0.1) is 6.54 Å². The lowest BCUT2D eigenvalue weighted by Gasteiger charge is -1.96. The van der Waals surface area contributed by atoms with Gasteiger partial charge in [0.1, 0.15) is 0 Å². The molecule has 1 N–H and O–H groups in total. The van der Waals surface area contributed by atoms with Crippen molar-refractivity contribution in [1.82, 2.24) is 0 Å². The molecule has 5 heteroatoms. The lowest BCUT2D eigenvalue weighted by Crippen LogP contribution is -2.12. The summed E-state index contributed by atoms with van der Waals surface area (Å²) in [4.78, 5) is 10.4. The number of nitrogens with zero attached hydrogens (tertiary/aromatic N) is 2. The average Bonchev–Trinajstić information content (AvgIpc) is 2.30. The van der Waals surface area contributed by atoms with Gasteiger partial charge in [-0.25, -0.2) is 4.79 Å². The zero-order chi connectivity index (χ0) is 12.7. The summed E-state index contributed by atoms with van der Waals surface area (Å²) in [6, 6.07) is 6.63. The van der Waals surface area contributed by atoms with E-state index in [2.05, 4.69) is 10.2 Å². The number of hydrogen-bond acceptors (Lipinski definition) is 3. The minimum absolute atomic E-state index is 0.336. The monoisotopic (exact) mass is 252 g/mol. The second kappa shape index (κ2) is 6.81. The summed E-state index contributed by atoms with van der Waals surface area (Å²) in [7, 11) is 0. The molecule has 0 saturated carbocycles. The lowest BCUT2D eigenvalue weighted by atomic mass is 10.2. The Morgan fingerprint density at radius 2 is 2.24 bits per heavy atom. The maximum absolute atomic E-state index is 10.4. The lowest BCUT2D eigenvalue weighted by molar-refractivity contribution is -0.138. The van der Waals surface area contributed by atoms with Gasteiger partial charge in [-0.3, -0.25) is 0 Å². The topological polar surface area (TPSA) is 62.0 Å². The molecule has 1 aromatic rings. The van der Waals surface area contributed by atoms with Crippen LogP contribution in [0.1, 0.15) is 12.5 Å². The van der Waals surface area contributed by atoms with Crippen LogP contribution in [0.5, 0.6) is 0 Å². The first kappa shape index (κ1) is 13.4. The Morgan fingerprint density at radius 1 is 1.53 bits per heavy atom. The highest BCUT2D eigenvalue weighted by Crippen LogP contribution is 2.15. The fourth-order valence-electron chi connectivity index (χ4n) is 1.06. The number of carboxylic acids is 1. The van der Waals surface area contributed by atoms with Crippen LogP contribution in [0.3, 0.4) is 0 Å². The molecule has 1 atom stereocenters. The van der Waals surface area contributed by atoms with Gasteiger partial charge in [-0.1, -0.05) is 42.0 Å². The molecule has 0 bridgehead atoms. The largest absolute Gasteiger partial charge is 0.480 e. The molecule has 0 saturated heterocycles. The van der Waals surface area contributed by atoms with Crippen LogP contribution >= 0.6 is 11.6 Å². The molecule has 0 aliphatic rings. The van der Waals surface area contributed by atoms with Crippen molar-refractivity contribution in [3.8, 4) is 0 Å². The smallest absolute Gasteiger partial charge is 0.330 e. The van der Waals surface area contributed by atoms with E-state index in [1.165, 1.54) is 6.92 Å². The van der Waals surface area contributed by atoms with Crippen molar-refractivity contribution < 1.29 is 9.90 Å². The highest BCUT2D eigenvalue weighted by atomic mass is 35.5. The van der Waals surface area contributed by atoms with Crippen molar-refractivity contribution in [3.05, 3.63) is 40.9 Å². The number of halogens is 1. The molecule has 0 heterocycles. The summed E-state index contributed by atoms with van der Waals surface area (Å²) in [5, 5.41) is 16.6. The third-order valence-corrected chi connectivity index (χ3v) is 2.35. The van der Waals surface area contributed by atoms with Gasteiger partial charge in [-0.2, -0.15) is 10.2 Å². The van der Waals surface area contributed by atoms with Crippen LogP contribution < -0.4 is 0 Å². The molecule has 0 radical (unpaired) electrons. The molecule has 90 valence electrons. The molecule has 1 unspecified atom stereocenters. The van der Waals surface area contributed by atoms with Crippen molar-refractivity contribution in [2.75, 3.05) is 6.54 Å². The fourth-order valence-corrected chi connectivity index (χ4v) is 1.25. The van der Waals surface area contributed by atoms with E-state index >= 15 is 0 Å². The van der Waals surface area contributed by atoms with Crippen LogP contribution in [0.25, 0.3) is 6.08 Å². The van der Waals surface area contributed by atoms with Crippen molar-refractivity contribution in [3.63, 3.8) is 0 Å². The van der Waals surface area contributed by atoms with Crippen LogP contribution in [-0.2, 0) is 4.79 Å². The third kappa shape index (κ3) is 4.78. The maximum Gasteiger partial charge on any atom is 0.330 e. The standard InChI is InChI=1S/C12H13ClN2O2/c1-9(12(16)17)15-14-8-4-6-10-5-2-3-7-11(10)13/h2-7,9H,8H2,1H3,(H,16,17). The number of hydrogen-bond donors (Lipinski definition) is 1. The predicted octanol–water partition coefficient (Wildman–Crippen LogP) is 3.28. The SMILES string of the molecule is CC(N=NCC=Cc1ccccc1Cl)C(=O)O. The van der Waals surface area contributed by atoms with Gasteiger partial charge in [-0.05, 0) is 18.6 Å². The van der Waals surface area contributed by atoms with E-state index in [0.29, 0.717) is 11.6 Å². The molecule has 0 fully saturated rings. The third-order valence-electron chi connectivity index (χ3n) is 2.00. The minimum Gasteiger partial charge on any atom is -0.480 e. The Morgan fingerprint density at radius 3 is 2.88 bits per heavy atom. The Hall–Kier alpha value is -1.68. The number of carbonyl (C=O) groups is 1. The highest BCUT2D eigenvalue weighted by molar-refractivity contribution is 6.32. The second-order valence-electron chi connectivity index (χ2n) is 3.38. The van der Waals surface area contributed by atoms with Crippen LogP contribution in [0, 0.1) is 0 Å². The van der Waals surface area contributed by atoms with Crippen molar-refractivity contribution in [2.45, 2.75) is 13.0 Å². The molecule has 0 aliphatic heterocycles. The first-order valence-electron chi connectivity index (χ1n) is 5.11. The van der Waals surface area contributed by atoms with E-state index in [0.717, 1.165) is 5.56 Å². The molecule has 4 nitrogen and oxygen atoms in total. The van der Waals surface area contributed by atoms with Gasteiger partial charge in [0.25, 0.3) is 0 Å². The van der Waals surface area contributed by atoms with E-state index in [4.69, 9.17) is 16.7 Å². The first-order chi connectivity index (χ1) is 8.11. The molecule has 0 aromatic heterocycles. The minimum atomic E-state index is -0.983. The van der Waals surface area contributed by atoms with Gasteiger partial charge in [0, 0.05) is 5.02 Å². The summed E-state index contributed by atoms with van der Waals surface area (Å²) in [5.74, 6) is -0.983. The van der Waals surface area contributed by atoms with Crippen LogP contribution in [0.2, 0.25) is 5.02 Å². The van der Waals surface area contributed by atoms with E-state index in [-0.39, 0.29) is 0 Å². The Balaban J connectivity index is 2.47. The van der Waals surface area contributed by atoms with Crippen molar-refractivity contribution >= 4 is 23.6 Å². The van der Waals surface area contributed by atoms with E-state index < -0.39 is 12.0 Å². The summed E-state index contributed by atoms with van der Waals surface area (Å²) < 4.78 is 0. The Labute approximate surface area is 105 Å². The molecule has 17 heavy (non-hydrogen) atoms. The van der Waals surface area contributed by atoms with Gasteiger partial charge >= 0.3 is 5.97 Å². The number of azo groups is 1. The van der Waals surface area contributed by atoms with E-state index in [1.54, 1.807) is 12.1 Å². The average molecular weight is 253 g/mol. The summed E-state index contributed by atoms with van der Waals surface area (Å²) in [6.45, 7) is 1.81. The van der Waals surface area contributed by atoms with Gasteiger partial charge in [0.15, 0.2) is 6.04 Å². The molecule has 0 aliphatic carbocycles. The number of benzene rings is 1. The van der Waals surface area contributed by atoms with E-state index in [1.807, 2.05) is 24.3 Å². The van der Waals surface area contributed by atoms with E-state index in [9.17, 15) is 4.79 Å². The van der Waals surface area contributed by atoms with Gasteiger partial charge < -0.3 is 5.11 Å². The normalized spacial score (nSPS) is 13.3. The molecule has 1 aromatic carbocycles. The molecular weight excluding hydrogens is 240 g/mol. The Kier molecular flexibility index (Phi) is 5.36. The molecular formula is C12H13ClN2O2. The number of aliphatic carboxylic acids is 1. The van der Waals surface area contributed by atoms with Crippen LogP contribution in [0.4, 0.5) is 0 Å². The van der Waals surface area contributed by atoms with Crippen LogP contribution in [-0.4, -0.2) is 23.7 Å². The van der Waals surface area contributed by atoms with Crippen molar-refractivity contribution in [1.29, 1.82) is 0 Å². The number of carboxylic acid groups (broad SMARTS) is 1. The first-order valence-corrected chi connectivity index (χ1v) is 5.49. The van der Waals surface area contributed by atoms with Crippen LogP contribution in [0.15, 0.2) is 40.6 Å². The zero-order valence-corrected chi connectivity index (χ0v) is 10.1. The summed E-state index contributed by atoms with van der Waals surface area (Å²) in [5.41, 5.74) is 0.899. The van der Waals surface area contributed by atoms with Gasteiger partial charge in [0.2, 0.25) is 0 Å². The molecule has 0 amide bonds. The van der Waals surface area contributed by atoms with Gasteiger partial charge in [-0.15, -0.1) is 0 Å². The number of rotatable bonds is 5. The second-order valence-corrected chi connectivity index (χ2v) is 3.78. The highest BCUT2D eigenvalue weighted by Gasteiger charge is 2.06. The molecule has 1 rings (SSSR count). The summed E-state index contributed by atoms with van der Waals surface area (Å²) >= 11 is 5.95. The van der Waals surface area contributed by atoms with Crippen molar-refractivity contribution in [2.24, 2.45) is 10.2 Å². The quantitative estimate of drug-likeness (QED) is 0.818. The molecule has 0 spiro atoms. The Bertz CT molecular complexity index is 444.